The van der Waals surface area contributed by atoms with Crippen LogP contribution in [0.5, 0.6) is 5.75 Å². The van der Waals surface area contributed by atoms with Crippen molar-refractivity contribution in [2.24, 2.45) is 5.41 Å². The van der Waals surface area contributed by atoms with E-state index in [1.165, 1.54) is 81.8 Å². The Bertz CT molecular complexity index is 912. The molecule has 3 saturated carbocycles. The van der Waals surface area contributed by atoms with Gasteiger partial charge in [0.25, 0.3) is 0 Å². The zero-order valence-electron chi connectivity index (χ0n) is 20.1. The number of hydrogen-bond donors (Lipinski definition) is 0. The van der Waals surface area contributed by atoms with Gasteiger partial charge in [-0.3, -0.25) is 0 Å². The maximum absolute atomic E-state index is 9.64. The molecular weight excluding hydrogens is 390 g/mol. The number of fused-ring (bicyclic) bond motifs is 3. The molecule has 0 unspecified atom stereocenters. The third kappa shape index (κ3) is 4.73. The summed E-state index contributed by atoms with van der Waals surface area (Å²) in [6.45, 7) is 5.24. The normalized spacial score (nSPS) is 24.3. The fraction of sp³-hybridized carbons (Fsp3) is 0.567. The molecule has 0 heterocycles. The molecule has 32 heavy (non-hydrogen) atoms. The van der Waals surface area contributed by atoms with Crippen LogP contribution < -0.4 is 4.74 Å². The molecular formula is C30H39NO. The summed E-state index contributed by atoms with van der Waals surface area (Å²) in [6.07, 6.45) is 15.7. The number of nitriles is 1. The molecule has 0 N–H and O–H groups in total. The van der Waals surface area contributed by atoms with Crippen LogP contribution >= 0.6 is 0 Å². The zero-order chi connectivity index (χ0) is 22.4. The van der Waals surface area contributed by atoms with E-state index in [9.17, 15) is 5.26 Å². The van der Waals surface area contributed by atoms with Gasteiger partial charge in [-0.2, -0.15) is 5.26 Å². The van der Waals surface area contributed by atoms with Crippen molar-refractivity contribution < 1.29 is 4.74 Å². The molecule has 5 rings (SSSR count). The van der Waals surface area contributed by atoms with Gasteiger partial charge in [0.05, 0.1) is 12.2 Å². The molecule has 0 atom stereocenters. The minimum absolute atomic E-state index is 0.404. The van der Waals surface area contributed by atoms with Crippen LogP contribution in [0, 0.1) is 16.7 Å². The Morgan fingerprint density at radius 2 is 1.50 bits per heavy atom. The predicted molar refractivity (Wildman–Crippen MR) is 133 cm³/mol. The van der Waals surface area contributed by atoms with E-state index < -0.39 is 0 Å². The minimum Gasteiger partial charge on any atom is -0.492 e. The first kappa shape index (κ1) is 22.9. The summed E-state index contributed by atoms with van der Waals surface area (Å²) >= 11 is 0. The van der Waals surface area contributed by atoms with Gasteiger partial charge in [0.2, 0.25) is 0 Å². The first-order valence-corrected chi connectivity index (χ1v) is 12.9. The molecule has 2 bridgehead atoms. The topological polar surface area (TPSA) is 33.0 Å². The molecule has 0 spiro atoms. The van der Waals surface area contributed by atoms with E-state index in [2.05, 4.69) is 50.2 Å². The van der Waals surface area contributed by atoms with Gasteiger partial charge in [-0.05, 0) is 91.0 Å². The Morgan fingerprint density at radius 3 is 2.12 bits per heavy atom. The highest BCUT2D eigenvalue weighted by molar-refractivity contribution is 5.67. The first-order chi connectivity index (χ1) is 15.6. The Labute approximate surface area is 195 Å². The maximum Gasteiger partial charge on any atom is 0.137 e. The van der Waals surface area contributed by atoms with Crippen molar-refractivity contribution >= 4 is 0 Å². The molecule has 2 heteroatoms. The molecule has 0 aliphatic heterocycles. The summed E-state index contributed by atoms with van der Waals surface area (Å²) < 4.78 is 5.90. The second-order valence-corrected chi connectivity index (χ2v) is 10.3. The summed E-state index contributed by atoms with van der Waals surface area (Å²) in [5.41, 5.74) is 5.50. The van der Waals surface area contributed by atoms with Crippen LogP contribution in [0.1, 0.15) is 102 Å². The molecule has 0 amide bonds. The van der Waals surface area contributed by atoms with Crippen molar-refractivity contribution in [2.45, 2.75) is 96.3 Å². The lowest BCUT2D eigenvalue weighted by Crippen LogP contribution is -2.44. The molecule has 170 valence electrons. The van der Waals surface area contributed by atoms with E-state index in [4.69, 9.17) is 4.74 Å². The molecule has 2 nitrogen and oxygen atoms in total. The van der Waals surface area contributed by atoms with Crippen molar-refractivity contribution in [3.63, 3.8) is 0 Å². The molecule has 3 fully saturated rings. The molecule has 2 aromatic carbocycles. The quantitative estimate of drug-likeness (QED) is 0.354. The Morgan fingerprint density at radius 1 is 0.812 bits per heavy atom. The Hall–Kier alpha value is -2.27. The lowest BCUT2D eigenvalue weighted by Gasteiger charge is -2.54. The van der Waals surface area contributed by atoms with E-state index in [-0.39, 0.29) is 0 Å². The average Bonchev–Trinajstić information content (AvgIpc) is 2.85. The van der Waals surface area contributed by atoms with Crippen LogP contribution in [0.25, 0.3) is 11.1 Å². The van der Waals surface area contributed by atoms with Gasteiger partial charge in [-0.15, -0.1) is 0 Å². The SMILES string of the molecule is CCCCCCOc1ccc(-c2ccc(C34CCC(CCC)(CC3)CC4)cc2)cc1C#N. The summed E-state index contributed by atoms with van der Waals surface area (Å²) in [6, 6.07) is 17.6. The van der Waals surface area contributed by atoms with Crippen LogP contribution in [-0.4, -0.2) is 6.61 Å². The number of nitrogens with zero attached hydrogens (tertiary/aromatic N) is 1. The third-order valence-corrected chi connectivity index (χ3v) is 8.37. The van der Waals surface area contributed by atoms with Gasteiger partial charge in [0.15, 0.2) is 0 Å². The number of benzene rings is 2. The molecule has 0 radical (unpaired) electrons. The second kappa shape index (κ2) is 10.1. The third-order valence-electron chi connectivity index (χ3n) is 8.37. The van der Waals surface area contributed by atoms with E-state index in [0.29, 0.717) is 28.7 Å². The van der Waals surface area contributed by atoms with Crippen LogP contribution in [0.15, 0.2) is 42.5 Å². The molecule has 3 aliphatic rings. The summed E-state index contributed by atoms with van der Waals surface area (Å²) in [7, 11) is 0. The highest BCUT2D eigenvalue weighted by atomic mass is 16.5. The van der Waals surface area contributed by atoms with Crippen LogP contribution in [0.2, 0.25) is 0 Å². The number of unbranched alkanes of at least 4 members (excludes halogenated alkanes) is 3. The number of ether oxygens (including phenoxy) is 1. The smallest absolute Gasteiger partial charge is 0.137 e. The number of hydrogen-bond acceptors (Lipinski definition) is 2. The van der Waals surface area contributed by atoms with Crippen molar-refractivity contribution in [1.29, 1.82) is 5.26 Å². The second-order valence-electron chi connectivity index (χ2n) is 10.3. The first-order valence-electron chi connectivity index (χ1n) is 12.9. The van der Waals surface area contributed by atoms with Crippen molar-refractivity contribution in [3.8, 4) is 22.9 Å². The van der Waals surface area contributed by atoms with Crippen molar-refractivity contribution in [1.82, 2.24) is 0 Å². The lowest BCUT2D eigenvalue weighted by molar-refractivity contribution is 0.0320. The van der Waals surface area contributed by atoms with Gasteiger partial charge >= 0.3 is 0 Å². The van der Waals surface area contributed by atoms with E-state index in [1.54, 1.807) is 0 Å². The highest BCUT2D eigenvalue weighted by Crippen LogP contribution is 2.59. The van der Waals surface area contributed by atoms with Gasteiger partial charge in [0, 0.05) is 0 Å². The zero-order valence-corrected chi connectivity index (χ0v) is 20.1. The minimum atomic E-state index is 0.404. The van der Waals surface area contributed by atoms with Gasteiger partial charge in [-0.25, -0.2) is 0 Å². The lowest BCUT2D eigenvalue weighted by atomic mass is 9.51. The molecule has 3 aliphatic carbocycles. The molecule has 2 aromatic rings. The van der Waals surface area contributed by atoms with Gasteiger partial charge in [-0.1, -0.05) is 69.9 Å². The van der Waals surface area contributed by atoms with E-state index in [0.717, 1.165) is 12.0 Å². The maximum atomic E-state index is 9.64. The summed E-state index contributed by atoms with van der Waals surface area (Å²) in [5, 5.41) is 9.64. The van der Waals surface area contributed by atoms with Gasteiger partial charge < -0.3 is 4.74 Å². The Kier molecular flexibility index (Phi) is 7.24. The Balaban J connectivity index is 1.44. The van der Waals surface area contributed by atoms with E-state index >= 15 is 0 Å². The standard InChI is InChI=1S/C30H39NO/c1-3-5-6-7-21-32-28-13-10-25(22-26(28)23-31)24-8-11-27(12-9-24)30-18-15-29(14-4-2,16-19-30)17-20-30/h8-13,22H,3-7,14-21H2,1-2H3. The molecule has 0 saturated heterocycles. The van der Waals surface area contributed by atoms with Crippen LogP contribution in [-0.2, 0) is 5.41 Å². The van der Waals surface area contributed by atoms with Gasteiger partial charge in [0.1, 0.15) is 11.8 Å². The van der Waals surface area contributed by atoms with Crippen molar-refractivity contribution in [2.75, 3.05) is 6.61 Å². The summed E-state index contributed by atoms with van der Waals surface area (Å²) in [4.78, 5) is 0. The van der Waals surface area contributed by atoms with Crippen molar-refractivity contribution in [3.05, 3.63) is 53.6 Å². The average molecular weight is 430 g/mol. The monoisotopic (exact) mass is 429 g/mol. The number of rotatable bonds is 10. The van der Waals surface area contributed by atoms with Crippen LogP contribution in [0.3, 0.4) is 0 Å². The van der Waals surface area contributed by atoms with E-state index in [1.807, 2.05) is 12.1 Å². The molecule has 0 aromatic heterocycles. The fourth-order valence-electron chi connectivity index (χ4n) is 6.25. The summed E-state index contributed by atoms with van der Waals surface area (Å²) in [5.74, 6) is 0.711. The largest absolute Gasteiger partial charge is 0.492 e. The fourth-order valence-corrected chi connectivity index (χ4v) is 6.25. The highest BCUT2D eigenvalue weighted by Gasteiger charge is 2.48. The predicted octanol–water partition coefficient (Wildman–Crippen LogP) is 8.58. The van der Waals surface area contributed by atoms with Crippen LogP contribution in [0.4, 0.5) is 0 Å².